The van der Waals surface area contributed by atoms with Crippen molar-refractivity contribution in [3.63, 3.8) is 0 Å². The molecular weight excluding hydrogens is 295 g/mol. The van der Waals surface area contributed by atoms with Crippen molar-refractivity contribution < 1.29 is 58.2 Å². The summed E-state index contributed by atoms with van der Waals surface area (Å²) in [6, 6.07) is 2.62. The molecular formula is C12H19NaO6S. The molecule has 1 aromatic rings. The molecule has 0 fully saturated rings. The van der Waals surface area contributed by atoms with E-state index in [2.05, 4.69) is 0 Å². The quantitative estimate of drug-likeness (QED) is 0.405. The molecule has 8 heteroatoms. The third-order valence-electron chi connectivity index (χ3n) is 2.49. The maximum atomic E-state index is 11.3. The van der Waals surface area contributed by atoms with E-state index in [9.17, 15) is 8.42 Å². The van der Waals surface area contributed by atoms with Gasteiger partial charge in [0.25, 0.3) is 10.1 Å². The first-order valence-electron chi connectivity index (χ1n) is 5.81. The van der Waals surface area contributed by atoms with Gasteiger partial charge in [-0.25, -0.2) is 0 Å². The SMILES string of the molecule is CCCCOc1c(OC)ccc(S(=O)(=O)O)c1OC.[H-].[Na+]. The van der Waals surface area contributed by atoms with Gasteiger partial charge in [0.15, 0.2) is 11.5 Å². The van der Waals surface area contributed by atoms with E-state index in [1.807, 2.05) is 6.92 Å². The Morgan fingerprint density at radius 3 is 2.30 bits per heavy atom. The summed E-state index contributed by atoms with van der Waals surface area (Å²) in [5.41, 5.74) is 0. The Morgan fingerprint density at radius 2 is 1.85 bits per heavy atom. The summed E-state index contributed by atoms with van der Waals surface area (Å²) in [6.07, 6.45) is 1.74. The Labute approximate surface area is 142 Å². The molecule has 1 rings (SSSR count). The topological polar surface area (TPSA) is 82.1 Å². The number of benzene rings is 1. The molecule has 0 aliphatic heterocycles. The maximum absolute atomic E-state index is 11.3. The average Bonchev–Trinajstić information content (AvgIpc) is 2.37. The van der Waals surface area contributed by atoms with E-state index >= 15 is 0 Å². The van der Waals surface area contributed by atoms with Gasteiger partial charge in [-0.05, 0) is 18.6 Å². The number of hydrogen-bond acceptors (Lipinski definition) is 5. The van der Waals surface area contributed by atoms with Gasteiger partial charge in [-0.3, -0.25) is 4.55 Å². The number of unbranched alkanes of at least 4 members (excludes halogenated alkanes) is 1. The fraction of sp³-hybridized carbons (Fsp3) is 0.500. The monoisotopic (exact) mass is 314 g/mol. The van der Waals surface area contributed by atoms with Crippen LogP contribution in [-0.2, 0) is 10.1 Å². The molecule has 1 aromatic carbocycles. The Kier molecular flexibility index (Phi) is 8.53. The van der Waals surface area contributed by atoms with E-state index in [4.69, 9.17) is 18.8 Å². The summed E-state index contributed by atoms with van der Waals surface area (Å²) in [7, 11) is -1.64. The van der Waals surface area contributed by atoms with Crippen molar-refractivity contribution in [1.29, 1.82) is 0 Å². The Hall–Kier alpha value is -0.470. The van der Waals surface area contributed by atoms with Gasteiger partial charge in [0.2, 0.25) is 5.75 Å². The Morgan fingerprint density at radius 1 is 1.20 bits per heavy atom. The third kappa shape index (κ3) is 4.82. The number of ether oxygens (including phenoxy) is 3. The van der Waals surface area contributed by atoms with Crippen LogP contribution < -0.4 is 43.8 Å². The molecule has 6 nitrogen and oxygen atoms in total. The minimum atomic E-state index is -4.38. The van der Waals surface area contributed by atoms with E-state index in [1.54, 1.807) is 0 Å². The van der Waals surface area contributed by atoms with Gasteiger partial charge in [-0.15, -0.1) is 0 Å². The zero-order valence-corrected chi connectivity index (χ0v) is 15.0. The zero-order valence-electron chi connectivity index (χ0n) is 13.2. The Bertz CT molecular complexity index is 535. The van der Waals surface area contributed by atoms with Crippen molar-refractivity contribution >= 4 is 10.1 Å². The first kappa shape index (κ1) is 19.5. The van der Waals surface area contributed by atoms with Crippen molar-refractivity contribution in [2.45, 2.75) is 24.7 Å². The molecule has 110 valence electrons. The maximum Gasteiger partial charge on any atom is 1.00 e. The second-order valence-corrected chi connectivity index (χ2v) is 5.20. The van der Waals surface area contributed by atoms with Crippen LogP contribution in [-0.4, -0.2) is 33.8 Å². The van der Waals surface area contributed by atoms with Crippen molar-refractivity contribution in [3.8, 4) is 17.2 Å². The predicted molar refractivity (Wildman–Crippen MR) is 70.9 cm³/mol. The van der Waals surface area contributed by atoms with Crippen molar-refractivity contribution in [1.82, 2.24) is 0 Å². The Balaban J connectivity index is 0. The van der Waals surface area contributed by atoms with E-state index in [-0.39, 0.29) is 47.4 Å². The van der Waals surface area contributed by atoms with Gasteiger partial charge in [0.05, 0.1) is 20.8 Å². The summed E-state index contributed by atoms with van der Waals surface area (Å²) < 4.78 is 47.3. The molecule has 0 spiro atoms. The molecule has 0 aliphatic carbocycles. The van der Waals surface area contributed by atoms with Gasteiger partial charge in [-0.1, -0.05) is 13.3 Å². The molecule has 0 amide bonds. The van der Waals surface area contributed by atoms with Crippen LogP contribution in [0.1, 0.15) is 21.2 Å². The summed E-state index contributed by atoms with van der Waals surface area (Å²) in [5, 5.41) is 0. The van der Waals surface area contributed by atoms with Gasteiger partial charge in [-0.2, -0.15) is 8.42 Å². The smallest absolute Gasteiger partial charge is 1.00 e. The summed E-state index contributed by atoms with van der Waals surface area (Å²) in [5.74, 6) is 0.465. The largest absolute Gasteiger partial charge is 1.00 e. The molecule has 0 saturated heterocycles. The molecule has 1 N–H and O–H groups in total. The first-order valence-corrected chi connectivity index (χ1v) is 7.25. The molecule has 0 aromatic heterocycles. The fourth-order valence-electron chi connectivity index (χ4n) is 1.54. The van der Waals surface area contributed by atoms with Crippen LogP contribution in [0.3, 0.4) is 0 Å². The van der Waals surface area contributed by atoms with Crippen LogP contribution in [0.5, 0.6) is 17.2 Å². The van der Waals surface area contributed by atoms with E-state index < -0.39 is 10.1 Å². The second kappa shape index (κ2) is 8.74. The number of methoxy groups -OCH3 is 2. The summed E-state index contributed by atoms with van der Waals surface area (Å²) >= 11 is 0. The number of hydrogen-bond donors (Lipinski definition) is 1. The van der Waals surface area contributed by atoms with Crippen molar-refractivity contribution in [2.75, 3.05) is 20.8 Å². The number of rotatable bonds is 7. The third-order valence-corrected chi connectivity index (χ3v) is 3.36. The zero-order chi connectivity index (χ0) is 14.5. The first-order chi connectivity index (χ1) is 8.95. The van der Waals surface area contributed by atoms with Gasteiger partial charge < -0.3 is 15.6 Å². The molecule has 0 bridgehead atoms. The van der Waals surface area contributed by atoms with Crippen LogP contribution in [0.25, 0.3) is 0 Å². The molecule has 0 saturated carbocycles. The van der Waals surface area contributed by atoms with E-state index in [0.29, 0.717) is 12.4 Å². The standard InChI is InChI=1S/C12H18O6S.Na.H/c1-4-5-8-18-11-9(16-2)6-7-10(12(11)17-3)19(13,14)15;;/h6-7H,4-5,8H2,1-3H3,(H,13,14,15);;/q;+1;-1. The molecule has 0 unspecified atom stereocenters. The van der Waals surface area contributed by atoms with Crippen LogP contribution in [0.2, 0.25) is 0 Å². The summed E-state index contributed by atoms with van der Waals surface area (Å²) in [4.78, 5) is -0.345. The van der Waals surface area contributed by atoms with Gasteiger partial charge in [0, 0.05) is 0 Å². The van der Waals surface area contributed by atoms with Crippen molar-refractivity contribution in [3.05, 3.63) is 12.1 Å². The normalized spacial score (nSPS) is 10.6. The van der Waals surface area contributed by atoms with Crippen LogP contribution in [0.15, 0.2) is 17.0 Å². The predicted octanol–water partition coefficient (Wildman–Crippen LogP) is -0.754. The second-order valence-electron chi connectivity index (χ2n) is 3.81. The molecule has 0 aliphatic rings. The van der Waals surface area contributed by atoms with E-state index in [1.165, 1.54) is 26.4 Å². The van der Waals surface area contributed by atoms with Crippen LogP contribution in [0, 0.1) is 0 Å². The minimum absolute atomic E-state index is 0. The van der Waals surface area contributed by atoms with Crippen molar-refractivity contribution in [2.24, 2.45) is 0 Å². The van der Waals surface area contributed by atoms with Gasteiger partial charge >= 0.3 is 29.6 Å². The van der Waals surface area contributed by atoms with Crippen LogP contribution in [0.4, 0.5) is 0 Å². The average molecular weight is 314 g/mol. The molecule has 0 radical (unpaired) electrons. The molecule has 0 atom stereocenters. The summed E-state index contributed by atoms with van der Waals surface area (Å²) in [6.45, 7) is 2.41. The molecule has 0 heterocycles. The van der Waals surface area contributed by atoms with Gasteiger partial charge in [0.1, 0.15) is 4.90 Å². The fourth-order valence-corrected chi connectivity index (χ4v) is 2.19. The molecule has 20 heavy (non-hydrogen) atoms. The van der Waals surface area contributed by atoms with Crippen LogP contribution >= 0.6 is 0 Å². The minimum Gasteiger partial charge on any atom is -1.00 e. The van der Waals surface area contributed by atoms with E-state index in [0.717, 1.165) is 12.8 Å².